The summed E-state index contributed by atoms with van der Waals surface area (Å²) in [5.74, 6) is -0.652. The van der Waals surface area contributed by atoms with Gasteiger partial charge in [-0.2, -0.15) is 0 Å². The maximum absolute atomic E-state index is 11.6. The van der Waals surface area contributed by atoms with Gasteiger partial charge in [-0.05, 0) is 12.8 Å². The van der Waals surface area contributed by atoms with E-state index in [0.29, 0.717) is 24.0 Å². The fourth-order valence-electron chi connectivity index (χ4n) is 3.55. The van der Waals surface area contributed by atoms with Crippen molar-refractivity contribution in [3.63, 3.8) is 0 Å². The molecule has 0 aromatic rings. The Labute approximate surface area is 106 Å². The number of esters is 2. The van der Waals surface area contributed by atoms with Crippen LogP contribution in [0.25, 0.3) is 0 Å². The standard InChI is InChI=1S/C14H16O4/c1-8-6-13(17-11(8)15)4-5-14(10(13)3)7-9(2)12(16)18-14/h10H,1-2,4-7H2,3H3. The Morgan fingerprint density at radius 3 is 1.67 bits per heavy atom. The van der Waals surface area contributed by atoms with Crippen LogP contribution in [-0.2, 0) is 19.1 Å². The maximum Gasteiger partial charge on any atom is 0.334 e. The van der Waals surface area contributed by atoms with Crippen molar-refractivity contribution in [3.05, 3.63) is 24.3 Å². The highest BCUT2D eigenvalue weighted by atomic mass is 16.6. The summed E-state index contributed by atoms with van der Waals surface area (Å²) in [5, 5.41) is 0. The Balaban J connectivity index is 1.92. The van der Waals surface area contributed by atoms with Crippen molar-refractivity contribution in [1.29, 1.82) is 0 Å². The van der Waals surface area contributed by atoms with Gasteiger partial charge in [0.1, 0.15) is 11.2 Å². The molecule has 0 N–H and O–H groups in total. The van der Waals surface area contributed by atoms with Crippen LogP contribution < -0.4 is 0 Å². The van der Waals surface area contributed by atoms with Crippen LogP contribution in [0.4, 0.5) is 0 Å². The number of ether oxygens (including phenoxy) is 2. The number of rotatable bonds is 0. The summed E-state index contributed by atoms with van der Waals surface area (Å²) in [4.78, 5) is 23.1. The summed E-state index contributed by atoms with van der Waals surface area (Å²) in [6.07, 6.45) is 2.52. The van der Waals surface area contributed by atoms with Gasteiger partial charge < -0.3 is 9.47 Å². The van der Waals surface area contributed by atoms with Crippen LogP contribution >= 0.6 is 0 Å². The topological polar surface area (TPSA) is 52.6 Å². The number of hydrogen-bond acceptors (Lipinski definition) is 4. The van der Waals surface area contributed by atoms with E-state index in [0.717, 1.165) is 12.8 Å². The second-order valence-corrected chi connectivity index (χ2v) is 5.69. The first-order chi connectivity index (χ1) is 8.39. The Hall–Kier alpha value is -1.58. The van der Waals surface area contributed by atoms with Gasteiger partial charge >= 0.3 is 11.9 Å². The zero-order valence-corrected chi connectivity index (χ0v) is 10.5. The average Bonchev–Trinajstić information content (AvgIpc) is 2.84. The SMILES string of the molecule is C=C1CC2(CCC3(CC(=C)C(=O)O3)C2C)OC1=O. The molecule has 2 heterocycles. The van der Waals surface area contributed by atoms with Crippen molar-refractivity contribution >= 4 is 11.9 Å². The molecule has 0 amide bonds. The van der Waals surface area contributed by atoms with E-state index >= 15 is 0 Å². The zero-order chi connectivity index (χ0) is 13.1. The first-order valence-electron chi connectivity index (χ1n) is 6.21. The van der Waals surface area contributed by atoms with Crippen molar-refractivity contribution < 1.29 is 19.1 Å². The first-order valence-corrected chi connectivity index (χ1v) is 6.21. The highest BCUT2D eigenvalue weighted by molar-refractivity contribution is 5.92. The summed E-state index contributed by atoms with van der Waals surface area (Å²) in [5.41, 5.74) is -0.0258. The van der Waals surface area contributed by atoms with Crippen molar-refractivity contribution in [3.8, 4) is 0 Å². The van der Waals surface area contributed by atoms with E-state index in [-0.39, 0.29) is 17.9 Å². The lowest BCUT2D eigenvalue weighted by molar-refractivity contribution is -0.159. The van der Waals surface area contributed by atoms with Gasteiger partial charge in [-0.3, -0.25) is 0 Å². The van der Waals surface area contributed by atoms with Crippen LogP contribution in [-0.4, -0.2) is 23.1 Å². The predicted molar refractivity (Wildman–Crippen MR) is 63.6 cm³/mol. The highest BCUT2D eigenvalue weighted by Crippen LogP contribution is 2.56. The van der Waals surface area contributed by atoms with Gasteiger partial charge in [-0.1, -0.05) is 20.1 Å². The molecule has 18 heavy (non-hydrogen) atoms. The lowest BCUT2D eigenvalue weighted by Crippen LogP contribution is -2.42. The number of carbonyl (C=O) groups is 2. The molecule has 1 saturated carbocycles. The van der Waals surface area contributed by atoms with Gasteiger partial charge in [0, 0.05) is 29.9 Å². The van der Waals surface area contributed by atoms with Crippen LogP contribution in [0.2, 0.25) is 0 Å². The van der Waals surface area contributed by atoms with Crippen molar-refractivity contribution in [2.24, 2.45) is 5.92 Å². The minimum atomic E-state index is -0.529. The van der Waals surface area contributed by atoms with Gasteiger partial charge in [0.25, 0.3) is 0 Å². The van der Waals surface area contributed by atoms with E-state index < -0.39 is 11.2 Å². The zero-order valence-electron chi connectivity index (χ0n) is 10.5. The molecule has 3 aliphatic rings. The molecule has 3 fully saturated rings. The smallest absolute Gasteiger partial charge is 0.334 e. The number of carbonyl (C=O) groups excluding carboxylic acids is 2. The van der Waals surface area contributed by atoms with E-state index in [9.17, 15) is 9.59 Å². The van der Waals surface area contributed by atoms with Crippen LogP contribution in [0, 0.1) is 5.92 Å². The van der Waals surface area contributed by atoms with Gasteiger partial charge in [-0.15, -0.1) is 0 Å². The van der Waals surface area contributed by atoms with Crippen molar-refractivity contribution in [2.45, 2.75) is 43.8 Å². The molecule has 2 unspecified atom stereocenters. The molecule has 2 spiro atoms. The Morgan fingerprint density at radius 1 is 1.00 bits per heavy atom. The molecule has 3 rings (SSSR count). The molecule has 0 aromatic carbocycles. The van der Waals surface area contributed by atoms with E-state index in [1.165, 1.54) is 0 Å². The minimum Gasteiger partial charge on any atom is -0.455 e. The van der Waals surface area contributed by atoms with Crippen LogP contribution in [0.5, 0.6) is 0 Å². The molecule has 4 nitrogen and oxygen atoms in total. The second-order valence-electron chi connectivity index (χ2n) is 5.69. The number of hydrogen-bond donors (Lipinski definition) is 0. The third-order valence-corrected chi connectivity index (χ3v) is 4.74. The van der Waals surface area contributed by atoms with Gasteiger partial charge in [0.2, 0.25) is 0 Å². The minimum absolute atomic E-state index is 0.0172. The lowest BCUT2D eigenvalue weighted by Gasteiger charge is -2.33. The van der Waals surface area contributed by atoms with Crippen LogP contribution in [0.15, 0.2) is 24.3 Å². The largest absolute Gasteiger partial charge is 0.455 e. The third-order valence-electron chi connectivity index (χ3n) is 4.74. The quantitative estimate of drug-likeness (QED) is 0.485. The van der Waals surface area contributed by atoms with E-state index in [1.807, 2.05) is 6.92 Å². The molecule has 1 aliphatic carbocycles. The fraction of sp³-hybridized carbons (Fsp3) is 0.571. The van der Waals surface area contributed by atoms with Crippen molar-refractivity contribution in [1.82, 2.24) is 0 Å². The van der Waals surface area contributed by atoms with Crippen LogP contribution in [0.3, 0.4) is 0 Å². The summed E-state index contributed by atoms with van der Waals surface area (Å²) < 4.78 is 11.1. The molecule has 0 aromatic heterocycles. The highest BCUT2D eigenvalue weighted by Gasteiger charge is 2.63. The molecule has 2 atom stereocenters. The summed E-state index contributed by atoms with van der Waals surface area (Å²) in [6.45, 7) is 9.46. The summed E-state index contributed by atoms with van der Waals surface area (Å²) in [6, 6.07) is 0. The molecule has 0 radical (unpaired) electrons. The molecule has 2 saturated heterocycles. The van der Waals surface area contributed by atoms with Crippen molar-refractivity contribution in [2.75, 3.05) is 0 Å². The average molecular weight is 248 g/mol. The maximum atomic E-state index is 11.6. The molecular formula is C14H16O4. The first kappa shape index (κ1) is 11.5. The van der Waals surface area contributed by atoms with E-state index in [1.54, 1.807) is 0 Å². The Kier molecular flexibility index (Phi) is 2.08. The summed E-state index contributed by atoms with van der Waals surface area (Å²) >= 11 is 0. The molecular weight excluding hydrogens is 232 g/mol. The van der Waals surface area contributed by atoms with E-state index in [4.69, 9.17) is 9.47 Å². The van der Waals surface area contributed by atoms with Gasteiger partial charge in [0.15, 0.2) is 0 Å². The normalized spacial score (nSPS) is 43.1. The molecule has 2 aliphatic heterocycles. The third kappa shape index (κ3) is 1.26. The monoisotopic (exact) mass is 248 g/mol. The fourth-order valence-corrected chi connectivity index (χ4v) is 3.55. The predicted octanol–water partition coefficient (Wildman–Crippen LogP) is 1.90. The van der Waals surface area contributed by atoms with E-state index in [2.05, 4.69) is 13.2 Å². The Morgan fingerprint density at radius 2 is 1.39 bits per heavy atom. The molecule has 4 heteroatoms. The second kappa shape index (κ2) is 3.25. The summed E-state index contributed by atoms with van der Waals surface area (Å²) in [7, 11) is 0. The van der Waals surface area contributed by atoms with Gasteiger partial charge in [-0.25, -0.2) is 9.59 Å². The van der Waals surface area contributed by atoms with Gasteiger partial charge in [0.05, 0.1) is 0 Å². The Bertz CT molecular complexity index is 412. The molecule has 96 valence electrons. The molecule has 0 bridgehead atoms. The lowest BCUT2D eigenvalue weighted by atomic mass is 9.80. The van der Waals surface area contributed by atoms with Crippen LogP contribution in [0.1, 0.15) is 32.6 Å².